The van der Waals surface area contributed by atoms with Gasteiger partial charge in [-0.2, -0.15) is 8.42 Å². The summed E-state index contributed by atoms with van der Waals surface area (Å²) in [6.45, 7) is 0. The first-order valence-electron chi connectivity index (χ1n) is 6.04. The summed E-state index contributed by atoms with van der Waals surface area (Å²) in [5.74, 6) is -0.459. The largest absolute Gasteiger partial charge is 0.382 e. The van der Waals surface area contributed by atoms with Crippen LogP contribution in [-0.4, -0.2) is 36.0 Å². The van der Waals surface area contributed by atoms with E-state index in [9.17, 15) is 13.2 Å². The number of hydrogen-bond acceptors (Lipinski definition) is 8. The molecule has 2 N–H and O–H groups in total. The molecule has 0 unspecified atom stereocenters. The minimum absolute atomic E-state index is 0.0364. The number of alkyl halides is 2. The quantitative estimate of drug-likeness (QED) is 0.168. The summed E-state index contributed by atoms with van der Waals surface area (Å²) in [5.41, 5.74) is 0.254. The first-order chi connectivity index (χ1) is 10.9. The van der Waals surface area contributed by atoms with Crippen molar-refractivity contribution >= 4 is 65.6 Å². The monoisotopic (exact) mass is 493 g/mol. The fraction of sp³-hybridized carbons (Fsp3) is 0.364. The Bertz CT molecular complexity index is 627. The lowest BCUT2D eigenvalue weighted by molar-refractivity contribution is -0.432. The standard InChI is InChI=1S/C11H13Br2NO7S2/c12-4-3-11(15)14-9-7-8(19-23(17,18)6-5-13)1-2-10(9)22-21-20-16/h1-2,7,16H,3-6H2,(H,14,15). The van der Waals surface area contributed by atoms with Crippen molar-refractivity contribution in [1.29, 1.82) is 0 Å². The molecule has 0 fully saturated rings. The molecule has 0 aromatic heterocycles. The van der Waals surface area contributed by atoms with Crippen LogP contribution in [0.25, 0.3) is 0 Å². The van der Waals surface area contributed by atoms with Crippen LogP contribution in [-0.2, 0) is 24.3 Å². The SMILES string of the molecule is O=C(CCBr)Nc1cc(OS(=O)(=O)CCBr)ccc1SOOO. The van der Waals surface area contributed by atoms with Gasteiger partial charge in [0.2, 0.25) is 5.91 Å². The summed E-state index contributed by atoms with van der Waals surface area (Å²) in [6.07, 6.45) is 0.217. The highest BCUT2D eigenvalue weighted by atomic mass is 79.9. The van der Waals surface area contributed by atoms with Crippen LogP contribution in [0, 0.1) is 0 Å². The van der Waals surface area contributed by atoms with Gasteiger partial charge in [0, 0.05) is 23.1 Å². The second kappa shape index (κ2) is 10.5. The van der Waals surface area contributed by atoms with E-state index in [-0.39, 0.29) is 34.8 Å². The van der Waals surface area contributed by atoms with Crippen LogP contribution in [0.2, 0.25) is 0 Å². The second-order valence-electron chi connectivity index (χ2n) is 3.91. The lowest BCUT2D eigenvalue weighted by Crippen LogP contribution is -2.15. The van der Waals surface area contributed by atoms with Crippen LogP contribution in [0.1, 0.15) is 6.42 Å². The third kappa shape index (κ3) is 7.83. The highest BCUT2D eigenvalue weighted by Gasteiger charge is 2.15. The number of carbonyl (C=O) groups excluding carboxylic acids is 1. The number of rotatable bonds is 10. The molecule has 0 radical (unpaired) electrons. The van der Waals surface area contributed by atoms with Gasteiger partial charge in [0.25, 0.3) is 0 Å². The molecule has 1 aromatic rings. The Morgan fingerprint density at radius 3 is 2.65 bits per heavy atom. The first-order valence-corrected chi connectivity index (χ1v) is 10.6. The Kier molecular flexibility index (Phi) is 9.43. The zero-order valence-electron chi connectivity index (χ0n) is 11.5. The van der Waals surface area contributed by atoms with Crippen LogP contribution in [0.4, 0.5) is 5.69 Å². The van der Waals surface area contributed by atoms with Crippen molar-refractivity contribution in [1.82, 2.24) is 0 Å². The van der Waals surface area contributed by atoms with E-state index in [0.29, 0.717) is 22.3 Å². The topological polar surface area (TPSA) is 111 Å². The van der Waals surface area contributed by atoms with Crippen LogP contribution >= 0.6 is 43.9 Å². The van der Waals surface area contributed by atoms with Gasteiger partial charge in [-0.25, -0.2) is 5.26 Å². The third-order valence-corrected chi connectivity index (χ3v) is 5.38. The second-order valence-corrected chi connectivity index (χ2v) is 7.92. The van der Waals surface area contributed by atoms with E-state index >= 15 is 0 Å². The van der Waals surface area contributed by atoms with Gasteiger partial charge in [-0.15, -0.1) is 4.33 Å². The third-order valence-electron chi connectivity index (χ3n) is 2.25. The highest BCUT2D eigenvalue weighted by molar-refractivity contribution is 9.09. The Morgan fingerprint density at radius 1 is 1.30 bits per heavy atom. The van der Waals surface area contributed by atoms with E-state index in [1.165, 1.54) is 18.2 Å². The molecule has 0 aliphatic rings. The van der Waals surface area contributed by atoms with Crippen LogP contribution < -0.4 is 9.50 Å². The molecule has 1 rings (SSSR count). The van der Waals surface area contributed by atoms with Gasteiger partial charge in [-0.3, -0.25) is 4.79 Å². The van der Waals surface area contributed by atoms with Gasteiger partial charge >= 0.3 is 10.1 Å². The summed E-state index contributed by atoms with van der Waals surface area (Å²) in [4.78, 5) is 12.1. The van der Waals surface area contributed by atoms with Gasteiger partial charge in [-0.1, -0.05) is 36.9 Å². The van der Waals surface area contributed by atoms with Crippen molar-refractivity contribution in [2.75, 3.05) is 21.7 Å². The van der Waals surface area contributed by atoms with Gasteiger partial charge in [0.05, 0.1) is 28.4 Å². The Morgan fingerprint density at radius 2 is 2.04 bits per heavy atom. The highest BCUT2D eigenvalue weighted by Crippen LogP contribution is 2.32. The van der Waals surface area contributed by atoms with Crippen molar-refractivity contribution in [2.24, 2.45) is 0 Å². The van der Waals surface area contributed by atoms with Crippen molar-refractivity contribution in [3.63, 3.8) is 0 Å². The van der Waals surface area contributed by atoms with E-state index in [4.69, 9.17) is 9.44 Å². The minimum Gasteiger partial charge on any atom is -0.382 e. The summed E-state index contributed by atoms with van der Waals surface area (Å²) in [5, 5.41) is 15.0. The fourth-order valence-electron chi connectivity index (χ4n) is 1.36. The molecule has 12 heteroatoms. The number of nitrogens with one attached hydrogen (secondary N) is 1. The Balaban J connectivity index is 3.00. The van der Waals surface area contributed by atoms with Gasteiger partial charge in [0.1, 0.15) is 5.75 Å². The molecule has 8 nitrogen and oxygen atoms in total. The molecule has 0 heterocycles. The summed E-state index contributed by atoms with van der Waals surface area (Å²) < 4.78 is 32.6. The molecule has 0 saturated carbocycles. The van der Waals surface area contributed by atoms with Gasteiger partial charge in [-0.05, 0) is 12.1 Å². The fourth-order valence-corrected chi connectivity index (χ4v) is 4.01. The Labute approximate surface area is 154 Å². The van der Waals surface area contributed by atoms with Crippen LogP contribution in [0.15, 0.2) is 23.1 Å². The number of amides is 1. The molecule has 130 valence electrons. The van der Waals surface area contributed by atoms with E-state index in [1.807, 2.05) is 0 Å². The van der Waals surface area contributed by atoms with E-state index < -0.39 is 10.1 Å². The van der Waals surface area contributed by atoms with Crippen LogP contribution in [0.5, 0.6) is 5.75 Å². The normalized spacial score (nSPS) is 11.3. The predicted octanol–water partition coefficient (Wildman–Crippen LogP) is 2.94. The lowest BCUT2D eigenvalue weighted by atomic mass is 10.3. The summed E-state index contributed by atoms with van der Waals surface area (Å²) in [6, 6.07) is 4.17. The maximum atomic E-state index is 11.7. The number of anilines is 1. The van der Waals surface area contributed by atoms with E-state index in [0.717, 1.165) is 0 Å². The summed E-state index contributed by atoms with van der Waals surface area (Å²) in [7, 11) is -3.74. The van der Waals surface area contributed by atoms with E-state index in [1.54, 1.807) is 0 Å². The van der Waals surface area contributed by atoms with Crippen molar-refractivity contribution in [3.8, 4) is 5.75 Å². The molecule has 0 atom stereocenters. The smallest absolute Gasteiger partial charge is 0.310 e. The zero-order chi connectivity index (χ0) is 17.3. The predicted molar refractivity (Wildman–Crippen MR) is 92.3 cm³/mol. The number of halogens is 2. The van der Waals surface area contributed by atoms with E-state index in [2.05, 4.69) is 46.5 Å². The molecule has 1 amide bonds. The number of hydrogen-bond donors (Lipinski definition) is 2. The molecular formula is C11H13Br2NO7S2. The van der Waals surface area contributed by atoms with Crippen LogP contribution in [0.3, 0.4) is 0 Å². The molecule has 0 aliphatic heterocycles. The molecular weight excluding hydrogens is 482 g/mol. The summed E-state index contributed by atoms with van der Waals surface area (Å²) >= 11 is 6.80. The first kappa shape index (κ1) is 20.7. The maximum absolute atomic E-state index is 11.7. The van der Waals surface area contributed by atoms with Crippen molar-refractivity contribution < 1.29 is 32.0 Å². The molecule has 1 aromatic carbocycles. The average molecular weight is 495 g/mol. The molecule has 0 spiro atoms. The molecule has 0 saturated heterocycles. The number of carbonyl (C=O) groups is 1. The van der Waals surface area contributed by atoms with Gasteiger partial charge < -0.3 is 9.50 Å². The molecule has 23 heavy (non-hydrogen) atoms. The molecule has 0 bridgehead atoms. The lowest BCUT2D eigenvalue weighted by Gasteiger charge is -2.12. The van der Waals surface area contributed by atoms with Crippen molar-refractivity contribution in [2.45, 2.75) is 11.3 Å². The molecule has 0 aliphatic carbocycles. The maximum Gasteiger partial charge on any atom is 0.310 e. The minimum atomic E-state index is -3.74. The van der Waals surface area contributed by atoms with Crippen molar-refractivity contribution in [3.05, 3.63) is 18.2 Å². The van der Waals surface area contributed by atoms with Gasteiger partial charge in [0.15, 0.2) is 0 Å². The Hall–Kier alpha value is -0.370. The average Bonchev–Trinajstić information content (AvgIpc) is 2.46. The zero-order valence-corrected chi connectivity index (χ0v) is 16.3. The number of benzene rings is 1.